The van der Waals surface area contributed by atoms with E-state index in [9.17, 15) is 25.5 Å². The van der Waals surface area contributed by atoms with Crippen LogP contribution in [0.1, 0.15) is 32.1 Å². The van der Waals surface area contributed by atoms with Crippen molar-refractivity contribution < 1.29 is 25.5 Å². The van der Waals surface area contributed by atoms with Crippen molar-refractivity contribution in [2.75, 3.05) is 5.75 Å². The molecule has 0 aromatic heterocycles. The van der Waals surface area contributed by atoms with Crippen LogP contribution in [-0.4, -0.2) is 20.3 Å². The van der Waals surface area contributed by atoms with Gasteiger partial charge < -0.3 is 0 Å². The van der Waals surface area contributed by atoms with E-state index < -0.39 is 27.6 Å². The zero-order valence-corrected chi connectivity index (χ0v) is 8.80. The summed E-state index contributed by atoms with van der Waals surface area (Å²) in [7, 11) is -5.09. The van der Waals surface area contributed by atoms with Crippen LogP contribution in [0.3, 0.4) is 0 Å². The molecule has 1 fully saturated rings. The van der Waals surface area contributed by atoms with E-state index in [0.717, 1.165) is 0 Å². The lowest BCUT2D eigenvalue weighted by molar-refractivity contribution is -0.225. The highest BCUT2D eigenvalue weighted by Gasteiger charge is 2.56. The maximum atomic E-state index is 12.7. The average molecular weight is 248 g/mol. The number of hydrogen-bond acceptors (Lipinski definition) is 2. The molecule has 0 atom stereocenters. The Morgan fingerprint density at radius 1 is 1.07 bits per heavy atom. The highest BCUT2D eigenvalue weighted by Crippen LogP contribution is 2.49. The molecular weight excluding hydrogens is 236 g/mol. The van der Waals surface area contributed by atoms with Gasteiger partial charge in [-0.25, -0.2) is 0 Å². The van der Waals surface area contributed by atoms with Crippen molar-refractivity contribution in [1.29, 1.82) is 0 Å². The summed E-state index contributed by atoms with van der Waals surface area (Å²) >= 11 is 0. The minimum Gasteiger partial charge on any atom is -0.195 e. The Hall–Kier alpha value is -0.330. The van der Waals surface area contributed by atoms with Crippen LogP contribution < -0.4 is 0 Å². The highest BCUT2D eigenvalue weighted by atomic mass is 32.3. The van der Waals surface area contributed by atoms with Crippen molar-refractivity contribution in [1.82, 2.24) is 0 Å². The fourth-order valence-corrected chi connectivity index (χ4v) is 3.18. The predicted octanol–water partition coefficient (Wildman–Crippen LogP) is 2.80. The maximum Gasteiger partial charge on any atom is 0.395 e. The first-order valence-corrected chi connectivity index (χ1v) is 6.21. The Kier molecular flexibility index (Phi) is 3.33. The second kappa shape index (κ2) is 3.92. The summed E-state index contributed by atoms with van der Waals surface area (Å²) in [5.41, 5.74) is -2.36. The Morgan fingerprint density at radius 3 is 1.87 bits per heavy atom. The van der Waals surface area contributed by atoms with Gasteiger partial charge in [0.25, 0.3) is 0 Å². The molecule has 0 bridgehead atoms. The third kappa shape index (κ3) is 3.06. The zero-order valence-electron chi connectivity index (χ0n) is 7.98. The number of halogens is 4. The fourth-order valence-electron chi connectivity index (χ4n) is 2.07. The molecule has 0 spiro atoms. The van der Waals surface area contributed by atoms with E-state index in [0.29, 0.717) is 19.3 Å². The zero-order chi connectivity index (χ0) is 11.7. The monoisotopic (exact) mass is 248 g/mol. The van der Waals surface area contributed by atoms with Gasteiger partial charge in [0, 0.05) is 0 Å². The third-order valence-electron chi connectivity index (χ3n) is 2.86. The molecule has 0 aromatic rings. The number of alkyl halides is 3. The van der Waals surface area contributed by atoms with E-state index in [4.69, 9.17) is 0 Å². The van der Waals surface area contributed by atoms with Gasteiger partial charge in [0.15, 0.2) is 0 Å². The minimum atomic E-state index is -5.09. The lowest BCUT2D eigenvalue weighted by Gasteiger charge is -2.37. The molecule has 0 N–H and O–H groups in total. The van der Waals surface area contributed by atoms with Gasteiger partial charge in [-0.2, -0.15) is 21.6 Å². The Labute approximate surface area is 85.9 Å². The summed E-state index contributed by atoms with van der Waals surface area (Å²) in [5.74, 6) is -1.43. The molecule has 90 valence electrons. The van der Waals surface area contributed by atoms with Crippen molar-refractivity contribution >= 4 is 10.2 Å². The Bertz CT molecular complexity index is 314. The number of hydrogen-bond donors (Lipinski definition) is 0. The average Bonchev–Trinajstić information content (AvgIpc) is 2.00. The largest absolute Gasteiger partial charge is 0.395 e. The second-order valence-electron chi connectivity index (χ2n) is 4.02. The minimum absolute atomic E-state index is 0.292. The van der Waals surface area contributed by atoms with Crippen LogP contribution in [0, 0.1) is 5.41 Å². The SMILES string of the molecule is O=S(=O)(F)CC1(C(F)(F)F)CCCCC1. The molecule has 15 heavy (non-hydrogen) atoms. The summed E-state index contributed by atoms with van der Waals surface area (Å²) < 4.78 is 71.3. The lowest BCUT2D eigenvalue weighted by Crippen LogP contribution is -2.44. The Morgan fingerprint density at radius 2 is 1.53 bits per heavy atom. The van der Waals surface area contributed by atoms with E-state index in [1.165, 1.54) is 0 Å². The van der Waals surface area contributed by atoms with E-state index in [1.54, 1.807) is 0 Å². The molecular formula is C8H12F4O2S. The molecule has 0 aromatic carbocycles. The van der Waals surface area contributed by atoms with E-state index in [-0.39, 0.29) is 12.8 Å². The summed E-state index contributed by atoms with van der Waals surface area (Å²) in [6, 6.07) is 0. The molecule has 0 amide bonds. The van der Waals surface area contributed by atoms with Gasteiger partial charge in [-0.05, 0) is 12.8 Å². The maximum absolute atomic E-state index is 12.7. The first-order chi connectivity index (χ1) is 6.66. The number of rotatable bonds is 2. The first kappa shape index (κ1) is 12.7. The van der Waals surface area contributed by atoms with Crippen molar-refractivity contribution in [3.05, 3.63) is 0 Å². The normalized spacial score (nSPS) is 22.7. The summed E-state index contributed by atoms with van der Waals surface area (Å²) in [6.45, 7) is 0. The summed E-state index contributed by atoms with van der Waals surface area (Å²) in [6.07, 6.45) is -3.99. The van der Waals surface area contributed by atoms with Crippen LogP contribution >= 0.6 is 0 Å². The lowest BCUT2D eigenvalue weighted by atomic mass is 9.75. The van der Waals surface area contributed by atoms with Crippen molar-refractivity contribution in [3.8, 4) is 0 Å². The van der Waals surface area contributed by atoms with Gasteiger partial charge in [0.2, 0.25) is 0 Å². The van der Waals surface area contributed by atoms with E-state index >= 15 is 0 Å². The molecule has 2 nitrogen and oxygen atoms in total. The van der Waals surface area contributed by atoms with Crippen LogP contribution in [-0.2, 0) is 10.2 Å². The standard InChI is InChI=1S/C8H12F4O2S/c9-8(10,11)7(6-15(12,13)14)4-2-1-3-5-7/h1-6H2. The fraction of sp³-hybridized carbons (Fsp3) is 1.00. The van der Waals surface area contributed by atoms with Gasteiger partial charge in [0.05, 0.1) is 11.2 Å². The van der Waals surface area contributed by atoms with Crippen molar-refractivity contribution in [3.63, 3.8) is 0 Å². The van der Waals surface area contributed by atoms with E-state index in [1.807, 2.05) is 0 Å². The topological polar surface area (TPSA) is 34.1 Å². The molecule has 7 heteroatoms. The van der Waals surface area contributed by atoms with Crippen molar-refractivity contribution in [2.45, 2.75) is 38.3 Å². The third-order valence-corrected chi connectivity index (χ3v) is 3.76. The molecule has 1 aliphatic carbocycles. The summed E-state index contributed by atoms with van der Waals surface area (Å²) in [4.78, 5) is 0. The van der Waals surface area contributed by atoms with Crippen LogP contribution in [0.4, 0.5) is 17.1 Å². The predicted molar refractivity (Wildman–Crippen MR) is 46.5 cm³/mol. The Balaban J connectivity index is 2.96. The quantitative estimate of drug-likeness (QED) is 0.556. The molecule has 1 aliphatic rings. The molecule has 0 aliphatic heterocycles. The van der Waals surface area contributed by atoms with Crippen molar-refractivity contribution in [2.24, 2.45) is 5.41 Å². The van der Waals surface area contributed by atoms with Gasteiger partial charge in [-0.1, -0.05) is 19.3 Å². The molecule has 1 rings (SSSR count). The smallest absolute Gasteiger partial charge is 0.195 e. The van der Waals surface area contributed by atoms with Crippen LogP contribution in [0.15, 0.2) is 0 Å². The van der Waals surface area contributed by atoms with Crippen LogP contribution in [0.5, 0.6) is 0 Å². The van der Waals surface area contributed by atoms with Gasteiger partial charge in [0.1, 0.15) is 0 Å². The van der Waals surface area contributed by atoms with Gasteiger partial charge >= 0.3 is 16.4 Å². The van der Waals surface area contributed by atoms with Crippen LogP contribution in [0.2, 0.25) is 0 Å². The molecule has 1 saturated carbocycles. The second-order valence-corrected chi connectivity index (χ2v) is 5.39. The van der Waals surface area contributed by atoms with Gasteiger partial charge in [-0.15, -0.1) is 3.89 Å². The highest BCUT2D eigenvalue weighted by molar-refractivity contribution is 7.86. The molecule has 0 unspecified atom stereocenters. The molecule has 0 saturated heterocycles. The molecule has 0 radical (unpaired) electrons. The van der Waals surface area contributed by atoms with E-state index in [2.05, 4.69) is 0 Å². The summed E-state index contributed by atoms with van der Waals surface area (Å²) in [5, 5.41) is 0. The first-order valence-electron chi connectivity index (χ1n) is 4.65. The van der Waals surface area contributed by atoms with Gasteiger partial charge in [-0.3, -0.25) is 0 Å². The molecule has 0 heterocycles. The van der Waals surface area contributed by atoms with Crippen LogP contribution in [0.25, 0.3) is 0 Å².